The molecular formula is C17H11BF2N2. The summed E-state index contributed by atoms with van der Waals surface area (Å²) < 4.78 is 27.3. The van der Waals surface area contributed by atoms with Gasteiger partial charge in [-0.3, -0.25) is 13.6 Å². The van der Waals surface area contributed by atoms with Crippen molar-refractivity contribution in [3.8, 4) is 12.3 Å². The Morgan fingerprint density at radius 3 is 2.55 bits per heavy atom. The molecule has 0 aliphatic carbocycles. The first-order chi connectivity index (χ1) is 10.7. The minimum absolute atomic E-state index is 0.419. The van der Waals surface area contributed by atoms with Gasteiger partial charge < -0.3 is 4.48 Å². The van der Waals surface area contributed by atoms with Crippen molar-refractivity contribution in [3.63, 3.8) is 0 Å². The van der Waals surface area contributed by atoms with Crippen LogP contribution >= 0.6 is 0 Å². The van der Waals surface area contributed by atoms with Crippen LogP contribution in [0.4, 0.5) is 8.63 Å². The summed E-state index contributed by atoms with van der Waals surface area (Å²) in [6.45, 7) is 0. The van der Waals surface area contributed by atoms with Crippen molar-refractivity contribution < 1.29 is 8.63 Å². The molecule has 0 saturated heterocycles. The molecule has 0 fully saturated rings. The molecule has 2 heterocycles. The third kappa shape index (κ3) is 2.51. The summed E-state index contributed by atoms with van der Waals surface area (Å²) in [4.78, 5) is 4.26. The standard InChI is InChI=1S/C17H11BF2N2/c1-2-13-7-9-14(10-8-13)17(15-5-3-11-21-15)16-6-4-12-22(16)18(19)20/h1,3-12H/b17-15+. The van der Waals surface area contributed by atoms with E-state index in [2.05, 4.69) is 10.9 Å². The number of allylic oxidation sites excluding steroid dienone is 2. The van der Waals surface area contributed by atoms with Crippen LogP contribution in [0.2, 0.25) is 0 Å². The Kier molecular flexibility index (Phi) is 3.75. The van der Waals surface area contributed by atoms with Crippen LogP contribution < -0.4 is 0 Å². The van der Waals surface area contributed by atoms with Gasteiger partial charge in [-0.15, -0.1) is 6.42 Å². The van der Waals surface area contributed by atoms with Crippen LogP contribution in [-0.4, -0.2) is 18.1 Å². The number of terminal acetylenes is 1. The number of rotatable bonds is 3. The molecule has 5 heteroatoms. The van der Waals surface area contributed by atoms with Gasteiger partial charge in [0.25, 0.3) is 0 Å². The lowest BCUT2D eigenvalue weighted by atomic mass is 9.98. The van der Waals surface area contributed by atoms with Gasteiger partial charge in [0.2, 0.25) is 0 Å². The highest BCUT2D eigenvalue weighted by Crippen LogP contribution is 2.30. The number of hydrogen-bond donors (Lipinski definition) is 0. The Bertz CT molecular complexity index is 807. The van der Waals surface area contributed by atoms with Crippen molar-refractivity contribution in [2.45, 2.75) is 0 Å². The van der Waals surface area contributed by atoms with E-state index in [0.717, 1.165) is 15.6 Å². The SMILES string of the molecule is C#Cc1ccc(/C(=C2/C=CC=N2)c2cccn2B(F)F)cc1. The molecule has 0 N–H and O–H groups in total. The van der Waals surface area contributed by atoms with Crippen LogP contribution in [-0.2, 0) is 0 Å². The minimum Gasteiger partial charge on any atom is -0.332 e. The average molecular weight is 292 g/mol. The van der Waals surface area contributed by atoms with Gasteiger partial charge in [0.15, 0.2) is 0 Å². The molecular weight excluding hydrogens is 281 g/mol. The average Bonchev–Trinajstić information content (AvgIpc) is 3.20. The van der Waals surface area contributed by atoms with Gasteiger partial charge in [0.05, 0.1) is 5.70 Å². The quantitative estimate of drug-likeness (QED) is 0.607. The Labute approximate surface area is 127 Å². The van der Waals surface area contributed by atoms with Crippen LogP contribution in [0.25, 0.3) is 5.57 Å². The molecule has 1 aliphatic rings. The third-order valence-corrected chi connectivity index (χ3v) is 3.40. The molecule has 106 valence electrons. The van der Waals surface area contributed by atoms with Gasteiger partial charge in [0, 0.05) is 23.0 Å². The predicted octanol–water partition coefficient (Wildman–Crippen LogP) is 3.64. The first-order valence-corrected chi connectivity index (χ1v) is 6.68. The largest absolute Gasteiger partial charge is 0.677 e. The molecule has 3 rings (SSSR count). The van der Waals surface area contributed by atoms with Gasteiger partial charge >= 0.3 is 7.40 Å². The molecule has 1 aromatic carbocycles. The molecule has 1 aliphatic heterocycles. The van der Waals surface area contributed by atoms with E-state index >= 15 is 0 Å². The molecule has 0 atom stereocenters. The maximum atomic E-state index is 13.2. The summed E-state index contributed by atoms with van der Waals surface area (Å²) >= 11 is 0. The number of benzene rings is 1. The van der Waals surface area contributed by atoms with Crippen LogP contribution in [0.15, 0.2) is 65.4 Å². The first-order valence-electron chi connectivity index (χ1n) is 6.68. The van der Waals surface area contributed by atoms with E-state index < -0.39 is 7.40 Å². The predicted molar refractivity (Wildman–Crippen MR) is 85.8 cm³/mol. The van der Waals surface area contributed by atoms with Gasteiger partial charge in [-0.05, 0) is 48.2 Å². The molecule has 2 aromatic rings. The smallest absolute Gasteiger partial charge is 0.332 e. The second-order valence-electron chi connectivity index (χ2n) is 4.70. The summed E-state index contributed by atoms with van der Waals surface area (Å²) in [6.07, 6.45) is 11.9. The number of hydrogen-bond acceptors (Lipinski definition) is 1. The highest BCUT2D eigenvalue weighted by atomic mass is 19.2. The van der Waals surface area contributed by atoms with Gasteiger partial charge in [-0.25, -0.2) is 0 Å². The lowest BCUT2D eigenvalue weighted by molar-refractivity contribution is 0.628. The summed E-state index contributed by atoms with van der Waals surface area (Å²) in [5.74, 6) is 2.54. The Balaban J connectivity index is 2.19. The number of nitrogens with zero attached hydrogens (tertiary/aromatic N) is 2. The number of halogens is 2. The normalized spacial score (nSPS) is 15.0. The van der Waals surface area contributed by atoms with Crippen molar-refractivity contribution in [1.82, 2.24) is 4.48 Å². The molecule has 0 bridgehead atoms. The zero-order valence-electron chi connectivity index (χ0n) is 11.6. The molecule has 2 nitrogen and oxygen atoms in total. The maximum absolute atomic E-state index is 13.2. The topological polar surface area (TPSA) is 17.3 Å². The Morgan fingerprint density at radius 2 is 1.95 bits per heavy atom. The minimum atomic E-state index is -2.61. The lowest BCUT2D eigenvalue weighted by Gasteiger charge is -2.13. The molecule has 0 radical (unpaired) electrons. The van der Waals surface area contributed by atoms with Gasteiger partial charge in [-0.2, -0.15) is 0 Å². The van der Waals surface area contributed by atoms with E-state index in [1.54, 1.807) is 42.6 Å². The van der Waals surface area contributed by atoms with Crippen molar-refractivity contribution >= 4 is 19.2 Å². The van der Waals surface area contributed by atoms with Crippen molar-refractivity contribution in [2.24, 2.45) is 4.99 Å². The van der Waals surface area contributed by atoms with E-state index in [4.69, 9.17) is 6.42 Å². The number of aliphatic imine (C=N–C) groups is 1. The second-order valence-corrected chi connectivity index (χ2v) is 4.70. The molecule has 22 heavy (non-hydrogen) atoms. The van der Waals surface area contributed by atoms with Crippen molar-refractivity contribution in [1.29, 1.82) is 0 Å². The summed E-state index contributed by atoms with van der Waals surface area (Å²) in [7, 11) is -2.61. The fourth-order valence-corrected chi connectivity index (χ4v) is 2.38. The molecule has 0 amide bonds. The van der Waals surface area contributed by atoms with E-state index in [0.29, 0.717) is 17.0 Å². The number of aromatic nitrogens is 1. The maximum Gasteiger partial charge on any atom is 0.677 e. The fraction of sp³-hybridized carbons (Fsp3) is 0. The molecule has 0 spiro atoms. The second kappa shape index (κ2) is 5.86. The summed E-state index contributed by atoms with van der Waals surface area (Å²) in [6, 6.07) is 10.5. The highest BCUT2D eigenvalue weighted by molar-refractivity contribution is 6.41. The van der Waals surface area contributed by atoms with Gasteiger partial charge in [0.1, 0.15) is 0 Å². The molecule has 0 saturated carbocycles. The zero-order valence-corrected chi connectivity index (χ0v) is 11.6. The van der Waals surface area contributed by atoms with E-state index in [9.17, 15) is 8.63 Å². The summed E-state index contributed by atoms with van der Waals surface area (Å²) in [5, 5.41) is 0. The third-order valence-electron chi connectivity index (χ3n) is 3.40. The van der Waals surface area contributed by atoms with E-state index in [1.807, 2.05) is 12.1 Å². The fourth-order valence-electron chi connectivity index (χ4n) is 2.38. The van der Waals surface area contributed by atoms with Crippen LogP contribution in [0.3, 0.4) is 0 Å². The van der Waals surface area contributed by atoms with Crippen LogP contribution in [0.5, 0.6) is 0 Å². The van der Waals surface area contributed by atoms with Crippen LogP contribution in [0.1, 0.15) is 16.8 Å². The summed E-state index contributed by atoms with van der Waals surface area (Å²) in [5.41, 5.74) is 3.25. The van der Waals surface area contributed by atoms with E-state index in [1.165, 1.54) is 6.20 Å². The van der Waals surface area contributed by atoms with E-state index in [-0.39, 0.29) is 0 Å². The van der Waals surface area contributed by atoms with Crippen molar-refractivity contribution in [3.05, 3.63) is 77.3 Å². The molecule has 1 aromatic heterocycles. The first kappa shape index (κ1) is 14.1. The Hall–Kier alpha value is -2.87. The van der Waals surface area contributed by atoms with Crippen molar-refractivity contribution in [2.75, 3.05) is 0 Å². The highest BCUT2D eigenvalue weighted by Gasteiger charge is 2.23. The molecule has 0 unspecified atom stereocenters. The lowest BCUT2D eigenvalue weighted by Crippen LogP contribution is -2.15. The Morgan fingerprint density at radius 1 is 1.18 bits per heavy atom. The van der Waals surface area contributed by atoms with Crippen LogP contribution in [0, 0.1) is 12.3 Å². The van der Waals surface area contributed by atoms with Gasteiger partial charge in [-0.1, -0.05) is 18.1 Å². The zero-order chi connectivity index (χ0) is 15.5. The monoisotopic (exact) mass is 292 g/mol.